The highest BCUT2D eigenvalue weighted by molar-refractivity contribution is 5.98. The van der Waals surface area contributed by atoms with Gasteiger partial charge in [0.1, 0.15) is 5.76 Å². The second-order valence-electron chi connectivity index (χ2n) is 5.49. The summed E-state index contributed by atoms with van der Waals surface area (Å²) in [5, 5.41) is 0. The third kappa shape index (κ3) is 2.88. The maximum atomic E-state index is 12.6. The monoisotopic (exact) mass is 298 g/mol. The van der Waals surface area contributed by atoms with Crippen LogP contribution in [0.3, 0.4) is 0 Å². The molecule has 0 N–H and O–H groups in total. The van der Waals surface area contributed by atoms with E-state index in [-0.39, 0.29) is 24.2 Å². The molecule has 0 spiro atoms. The minimum absolute atomic E-state index is 0.00351. The second-order valence-corrected chi connectivity index (χ2v) is 5.49. The number of para-hydroxylation sites is 1. The highest BCUT2D eigenvalue weighted by Gasteiger charge is 2.36. The Morgan fingerprint density at radius 2 is 2.05 bits per heavy atom. The molecule has 1 aromatic heterocycles. The van der Waals surface area contributed by atoms with Gasteiger partial charge in [-0.25, -0.2) is 0 Å². The van der Waals surface area contributed by atoms with Crippen molar-refractivity contribution < 1.29 is 14.0 Å². The molecule has 5 nitrogen and oxygen atoms in total. The van der Waals surface area contributed by atoms with E-state index in [2.05, 4.69) is 0 Å². The maximum absolute atomic E-state index is 12.6. The number of carbonyl (C=O) groups is 2. The summed E-state index contributed by atoms with van der Waals surface area (Å²) in [6.45, 7) is 0.861. The number of carbonyl (C=O) groups excluding carboxylic acids is 2. The average molecular weight is 298 g/mol. The zero-order valence-electron chi connectivity index (χ0n) is 12.4. The molecular weight excluding hydrogens is 280 g/mol. The van der Waals surface area contributed by atoms with Crippen molar-refractivity contribution in [3.05, 3.63) is 54.5 Å². The van der Waals surface area contributed by atoms with Gasteiger partial charge in [-0.2, -0.15) is 0 Å². The molecule has 0 radical (unpaired) electrons. The molecule has 0 saturated carbocycles. The van der Waals surface area contributed by atoms with Crippen LogP contribution in [0, 0.1) is 5.92 Å². The Bertz CT molecular complexity index is 652. The fraction of sp³-hybridized carbons (Fsp3) is 0.294. The van der Waals surface area contributed by atoms with Crippen LogP contribution in [0.4, 0.5) is 5.69 Å². The molecule has 3 rings (SSSR count). The van der Waals surface area contributed by atoms with Gasteiger partial charge < -0.3 is 14.2 Å². The van der Waals surface area contributed by atoms with Gasteiger partial charge in [-0.1, -0.05) is 18.2 Å². The van der Waals surface area contributed by atoms with Crippen molar-refractivity contribution in [2.45, 2.75) is 13.0 Å². The first-order valence-electron chi connectivity index (χ1n) is 7.28. The van der Waals surface area contributed by atoms with E-state index in [1.807, 2.05) is 36.4 Å². The van der Waals surface area contributed by atoms with E-state index >= 15 is 0 Å². The number of rotatable bonds is 4. The van der Waals surface area contributed by atoms with E-state index in [1.54, 1.807) is 29.2 Å². The second kappa shape index (κ2) is 6.05. The number of amides is 2. The van der Waals surface area contributed by atoms with Gasteiger partial charge in [-0.05, 0) is 24.3 Å². The number of hydrogen-bond donors (Lipinski definition) is 0. The molecule has 0 aliphatic carbocycles. The molecule has 1 atom stereocenters. The fourth-order valence-corrected chi connectivity index (χ4v) is 2.73. The summed E-state index contributed by atoms with van der Waals surface area (Å²) in [6.07, 6.45) is 1.85. The summed E-state index contributed by atoms with van der Waals surface area (Å²) < 4.78 is 5.27. The normalized spacial score (nSPS) is 17.8. The summed E-state index contributed by atoms with van der Waals surface area (Å²) in [5.74, 6) is 0.406. The Balaban J connectivity index is 1.66. The molecule has 1 aliphatic heterocycles. The highest BCUT2D eigenvalue weighted by atomic mass is 16.3. The van der Waals surface area contributed by atoms with Gasteiger partial charge in [-0.3, -0.25) is 9.59 Å². The van der Waals surface area contributed by atoms with Crippen molar-refractivity contribution in [1.82, 2.24) is 4.90 Å². The van der Waals surface area contributed by atoms with Crippen molar-refractivity contribution in [2.75, 3.05) is 18.5 Å². The molecule has 1 fully saturated rings. The molecule has 1 aromatic carbocycles. The van der Waals surface area contributed by atoms with Crippen LogP contribution < -0.4 is 4.90 Å². The molecular formula is C17H18N2O3. The van der Waals surface area contributed by atoms with Crippen LogP contribution in [0.2, 0.25) is 0 Å². The highest BCUT2D eigenvalue weighted by Crippen LogP contribution is 2.24. The van der Waals surface area contributed by atoms with Gasteiger partial charge in [0.05, 0.1) is 18.7 Å². The van der Waals surface area contributed by atoms with E-state index in [9.17, 15) is 9.59 Å². The lowest BCUT2D eigenvalue weighted by atomic mass is 10.1. The summed E-state index contributed by atoms with van der Waals surface area (Å²) in [6, 6.07) is 13.1. The van der Waals surface area contributed by atoms with Crippen molar-refractivity contribution in [3.8, 4) is 0 Å². The summed E-state index contributed by atoms with van der Waals surface area (Å²) >= 11 is 0. The summed E-state index contributed by atoms with van der Waals surface area (Å²) in [5.41, 5.74) is 0.837. The topological polar surface area (TPSA) is 53.8 Å². The molecule has 2 heterocycles. The van der Waals surface area contributed by atoms with Crippen LogP contribution in [-0.4, -0.2) is 30.3 Å². The van der Waals surface area contributed by atoms with Gasteiger partial charge in [0, 0.05) is 25.7 Å². The average Bonchev–Trinajstić information content (AvgIpc) is 3.18. The predicted molar refractivity (Wildman–Crippen MR) is 82.1 cm³/mol. The molecule has 2 amide bonds. The minimum Gasteiger partial charge on any atom is -0.467 e. The number of benzene rings is 1. The number of anilines is 1. The van der Waals surface area contributed by atoms with Gasteiger partial charge in [-0.15, -0.1) is 0 Å². The lowest BCUT2D eigenvalue weighted by Gasteiger charge is -2.21. The molecule has 2 aromatic rings. The van der Waals surface area contributed by atoms with E-state index in [4.69, 9.17) is 4.42 Å². The maximum Gasteiger partial charge on any atom is 0.232 e. The van der Waals surface area contributed by atoms with Crippen LogP contribution in [0.1, 0.15) is 12.2 Å². The third-order valence-corrected chi connectivity index (χ3v) is 3.96. The van der Waals surface area contributed by atoms with Crippen LogP contribution in [-0.2, 0) is 16.1 Å². The predicted octanol–water partition coefficient (Wildman–Crippen LogP) is 2.29. The van der Waals surface area contributed by atoms with Crippen LogP contribution in [0.5, 0.6) is 0 Å². The van der Waals surface area contributed by atoms with Crippen molar-refractivity contribution in [3.63, 3.8) is 0 Å². The zero-order valence-corrected chi connectivity index (χ0v) is 12.4. The Morgan fingerprint density at radius 1 is 1.27 bits per heavy atom. The van der Waals surface area contributed by atoms with Crippen LogP contribution in [0.15, 0.2) is 53.1 Å². The van der Waals surface area contributed by atoms with Gasteiger partial charge in [0.15, 0.2) is 0 Å². The molecule has 0 bridgehead atoms. The number of furan rings is 1. The molecule has 0 unspecified atom stereocenters. The Morgan fingerprint density at radius 3 is 2.73 bits per heavy atom. The number of nitrogens with zero attached hydrogens (tertiary/aromatic N) is 2. The Labute approximate surface area is 129 Å². The van der Waals surface area contributed by atoms with Gasteiger partial charge in [0.25, 0.3) is 0 Å². The quantitative estimate of drug-likeness (QED) is 0.870. The van der Waals surface area contributed by atoms with Crippen LogP contribution >= 0.6 is 0 Å². The first kappa shape index (κ1) is 14.4. The van der Waals surface area contributed by atoms with Crippen molar-refractivity contribution >= 4 is 17.5 Å². The minimum atomic E-state index is -0.298. The lowest BCUT2D eigenvalue weighted by Crippen LogP contribution is -2.34. The molecule has 22 heavy (non-hydrogen) atoms. The number of hydrogen-bond acceptors (Lipinski definition) is 3. The molecule has 114 valence electrons. The summed E-state index contributed by atoms with van der Waals surface area (Å²) in [7, 11) is 1.75. The van der Waals surface area contributed by atoms with E-state index < -0.39 is 0 Å². The zero-order chi connectivity index (χ0) is 15.5. The van der Waals surface area contributed by atoms with Gasteiger partial charge >= 0.3 is 0 Å². The number of likely N-dealkylation sites (tertiary alicyclic amines) is 1. The lowest BCUT2D eigenvalue weighted by molar-refractivity contribution is -0.129. The van der Waals surface area contributed by atoms with Crippen LogP contribution in [0.25, 0.3) is 0 Å². The Hall–Kier alpha value is -2.56. The van der Waals surface area contributed by atoms with E-state index in [1.165, 1.54) is 0 Å². The standard InChI is InChI=1S/C17H18N2O3/c1-18(14-6-3-2-4-7-14)17(21)13-10-16(20)19(11-13)12-15-8-5-9-22-15/h2-9,13H,10-12H2,1H3/t13-/m0/s1. The fourth-order valence-electron chi connectivity index (χ4n) is 2.73. The molecule has 1 saturated heterocycles. The Kier molecular flexibility index (Phi) is 3.96. The first-order valence-corrected chi connectivity index (χ1v) is 7.28. The van der Waals surface area contributed by atoms with E-state index in [0.29, 0.717) is 13.1 Å². The molecule has 1 aliphatic rings. The largest absolute Gasteiger partial charge is 0.467 e. The first-order chi connectivity index (χ1) is 10.6. The van der Waals surface area contributed by atoms with E-state index in [0.717, 1.165) is 11.4 Å². The third-order valence-electron chi connectivity index (χ3n) is 3.96. The molecule has 5 heteroatoms. The van der Waals surface area contributed by atoms with Crippen molar-refractivity contribution in [1.29, 1.82) is 0 Å². The smallest absolute Gasteiger partial charge is 0.232 e. The van der Waals surface area contributed by atoms with Gasteiger partial charge in [0.2, 0.25) is 11.8 Å². The SMILES string of the molecule is CN(C(=O)[C@H]1CC(=O)N(Cc2ccco2)C1)c1ccccc1. The van der Waals surface area contributed by atoms with Crippen molar-refractivity contribution in [2.24, 2.45) is 5.92 Å². The summed E-state index contributed by atoms with van der Waals surface area (Å²) in [4.78, 5) is 28.0.